The van der Waals surface area contributed by atoms with Crippen molar-refractivity contribution in [2.75, 3.05) is 5.32 Å². The van der Waals surface area contributed by atoms with Crippen molar-refractivity contribution in [2.24, 2.45) is 5.73 Å². The van der Waals surface area contributed by atoms with E-state index in [9.17, 15) is 0 Å². The molecule has 0 aliphatic heterocycles. The Bertz CT molecular complexity index is 1150. The van der Waals surface area contributed by atoms with Crippen molar-refractivity contribution in [3.05, 3.63) is 35.9 Å². The number of rotatable bonds is 3. The van der Waals surface area contributed by atoms with Crippen LogP contribution in [-0.4, -0.2) is 41.6 Å². The van der Waals surface area contributed by atoms with E-state index in [1.165, 1.54) is 11.1 Å². The van der Waals surface area contributed by atoms with Crippen LogP contribution in [0.2, 0.25) is 0 Å². The zero-order valence-corrected chi connectivity index (χ0v) is 16.1. The molecule has 8 nitrogen and oxygen atoms in total. The third-order valence-corrected chi connectivity index (χ3v) is 5.76. The lowest BCUT2D eigenvalue weighted by Crippen LogP contribution is -2.33. The molecule has 1 aromatic carbocycles. The molecule has 1 aliphatic rings. The lowest BCUT2D eigenvalue weighted by Gasteiger charge is -2.26. The van der Waals surface area contributed by atoms with E-state index >= 15 is 0 Å². The van der Waals surface area contributed by atoms with Crippen molar-refractivity contribution in [1.82, 2.24) is 29.5 Å². The largest absolute Gasteiger partial charge is 0.351 e. The van der Waals surface area contributed by atoms with E-state index in [2.05, 4.69) is 51.2 Å². The maximum Gasteiger partial charge on any atom is 0.227 e. The summed E-state index contributed by atoms with van der Waals surface area (Å²) in [6.07, 6.45) is 7.59. The number of aryl methyl sites for hydroxylation is 2. The molecule has 0 amide bonds. The summed E-state index contributed by atoms with van der Waals surface area (Å²) in [4.78, 5) is 21.6. The van der Waals surface area contributed by atoms with Gasteiger partial charge in [-0.3, -0.25) is 4.57 Å². The van der Waals surface area contributed by atoms with Gasteiger partial charge in [-0.2, -0.15) is 9.97 Å². The number of anilines is 1. The van der Waals surface area contributed by atoms with Crippen LogP contribution in [0.1, 0.15) is 36.8 Å². The number of hydrogen-bond donors (Lipinski definition) is 3. The molecule has 0 saturated heterocycles. The Labute approximate surface area is 162 Å². The van der Waals surface area contributed by atoms with E-state index in [1.807, 2.05) is 10.9 Å². The smallest absolute Gasteiger partial charge is 0.227 e. The summed E-state index contributed by atoms with van der Waals surface area (Å²) in [7, 11) is 0. The Balaban J connectivity index is 1.59. The van der Waals surface area contributed by atoms with Crippen LogP contribution in [0.15, 0.2) is 24.8 Å². The highest BCUT2D eigenvalue weighted by molar-refractivity contribution is 5.85. The van der Waals surface area contributed by atoms with Gasteiger partial charge < -0.3 is 16.0 Å². The molecule has 1 aliphatic carbocycles. The summed E-state index contributed by atoms with van der Waals surface area (Å²) in [5.74, 6) is 1.34. The maximum absolute atomic E-state index is 6.03. The maximum atomic E-state index is 6.03. The molecule has 0 radical (unpaired) electrons. The van der Waals surface area contributed by atoms with Gasteiger partial charge in [0.15, 0.2) is 17.0 Å². The van der Waals surface area contributed by atoms with Gasteiger partial charge in [-0.05, 0) is 62.8 Å². The van der Waals surface area contributed by atoms with Gasteiger partial charge in [0, 0.05) is 12.1 Å². The predicted molar refractivity (Wildman–Crippen MR) is 110 cm³/mol. The number of nitrogens with two attached hydrogens (primary N) is 1. The van der Waals surface area contributed by atoms with Crippen LogP contribution < -0.4 is 11.1 Å². The summed E-state index contributed by atoms with van der Waals surface area (Å²) < 4.78 is 1.99. The van der Waals surface area contributed by atoms with Crippen molar-refractivity contribution in [2.45, 2.75) is 51.6 Å². The highest BCUT2D eigenvalue weighted by atomic mass is 15.2. The molecule has 5 rings (SSSR count). The number of nitrogens with zero attached hydrogens (tertiary/aromatic N) is 5. The van der Waals surface area contributed by atoms with Gasteiger partial charge in [-0.25, -0.2) is 9.97 Å². The Kier molecular flexibility index (Phi) is 4.01. The topological polar surface area (TPSA) is 110 Å². The zero-order valence-electron chi connectivity index (χ0n) is 16.1. The van der Waals surface area contributed by atoms with Crippen LogP contribution in [0.3, 0.4) is 0 Å². The minimum absolute atomic E-state index is 0.314. The van der Waals surface area contributed by atoms with Crippen LogP contribution >= 0.6 is 0 Å². The number of fused-ring (bicyclic) bond motifs is 2. The van der Waals surface area contributed by atoms with E-state index in [4.69, 9.17) is 10.7 Å². The van der Waals surface area contributed by atoms with E-state index in [0.717, 1.165) is 48.1 Å². The molecule has 8 heteroatoms. The highest BCUT2D eigenvalue weighted by Crippen LogP contribution is 2.26. The lowest BCUT2D eigenvalue weighted by atomic mass is 9.92. The number of aromatic nitrogens is 6. The molecular formula is C20H24N8. The first-order valence-electron chi connectivity index (χ1n) is 9.76. The number of benzene rings is 1. The second-order valence-electron chi connectivity index (χ2n) is 7.77. The third kappa shape index (κ3) is 2.90. The van der Waals surface area contributed by atoms with E-state index in [1.54, 1.807) is 6.33 Å². The van der Waals surface area contributed by atoms with Gasteiger partial charge >= 0.3 is 0 Å². The minimum Gasteiger partial charge on any atom is -0.351 e. The SMILES string of the molecule is Cc1cc2ncn(-c3nc(NC4CCC(N)CC4)nc4[nH]cnc34)c2cc1C. The summed E-state index contributed by atoms with van der Waals surface area (Å²) >= 11 is 0. The van der Waals surface area contributed by atoms with Gasteiger partial charge in [0.1, 0.15) is 6.33 Å². The lowest BCUT2D eigenvalue weighted by molar-refractivity contribution is 0.410. The van der Waals surface area contributed by atoms with Crippen molar-refractivity contribution < 1.29 is 0 Å². The number of nitrogens with one attached hydrogen (secondary N) is 2. The van der Waals surface area contributed by atoms with E-state index < -0.39 is 0 Å². The Hall–Kier alpha value is -3.00. The molecule has 0 unspecified atom stereocenters. The van der Waals surface area contributed by atoms with Crippen LogP contribution in [0.5, 0.6) is 0 Å². The number of imidazole rings is 2. The average Bonchev–Trinajstić information content (AvgIpc) is 3.30. The van der Waals surface area contributed by atoms with E-state index in [-0.39, 0.29) is 0 Å². The number of aromatic amines is 1. The molecule has 4 N–H and O–H groups in total. The van der Waals surface area contributed by atoms with E-state index in [0.29, 0.717) is 23.7 Å². The monoisotopic (exact) mass is 376 g/mol. The first-order valence-corrected chi connectivity index (χ1v) is 9.76. The molecular weight excluding hydrogens is 352 g/mol. The van der Waals surface area contributed by atoms with Crippen molar-refractivity contribution in [3.63, 3.8) is 0 Å². The predicted octanol–water partition coefficient (Wildman–Crippen LogP) is 2.99. The molecule has 28 heavy (non-hydrogen) atoms. The number of H-pyrrole nitrogens is 1. The minimum atomic E-state index is 0.314. The molecule has 3 heterocycles. The first kappa shape index (κ1) is 17.1. The van der Waals surface area contributed by atoms with Gasteiger partial charge in [-0.1, -0.05) is 0 Å². The Morgan fingerprint density at radius 3 is 2.68 bits per heavy atom. The molecule has 0 bridgehead atoms. The van der Waals surface area contributed by atoms with Gasteiger partial charge in [0.2, 0.25) is 5.95 Å². The molecule has 1 fully saturated rings. The highest BCUT2D eigenvalue weighted by Gasteiger charge is 2.21. The summed E-state index contributed by atoms with van der Waals surface area (Å²) in [6.45, 7) is 4.21. The van der Waals surface area contributed by atoms with Crippen molar-refractivity contribution in [3.8, 4) is 5.82 Å². The summed E-state index contributed by atoms with van der Waals surface area (Å²) in [5, 5.41) is 3.49. The standard InChI is InChI=1S/C20H24N8/c1-11-7-15-16(8-12(11)2)28(10-24-15)19-17-18(23-9-22-17)26-20(27-19)25-14-5-3-13(21)4-6-14/h7-10,13-14H,3-6,21H2,1-2H3,(H2,22,23,25,26,27). The zero-order chi connectivity index (χ0) is 19.3. The molecule has 1 saturated carbocycles. The Morgan fingerprint density at radius 2 is 1.86 bits per heavy atom. The average molecular weight is 376 g/mol. The molecule has 4 aromatic rings. The Morgan fingerprint density at radius 1 is 1.07 bits per heavy atom. The summed E-state index contributed by atoms with van der Waals surface area (Å²) in [5.41, 5.74) is 11.9. The molecule has 3 aromatic heterocycles. The fourth-order valence-electron chi connectivity index (χ4n) is 3.93. The van der Waals surface area contributed by atoms with Crippen LogP contribution in [0.4, 0.5) is 5.95 Å². The van der Waals surface area contributed by atoms with Gasteiger partial charge in [-0.15, -0.1) is 0 Å². The normalized spacial score (nSPS) is 20.1. The fourth-order valence-corrected chi connectivity index (χ4v) is 3.93. The number of hydrogen-bond acceptors (Lipinski definition) is 6. The second-order valence-corrected chi connectivity index (χ2v) is 7.77. The molecule has 0 spiro atoms. The first-order chi connectivity index (χ1) is 13.6. The van der Waals surface area contributed by atoms with Crippen molar-refractivity contribution in [1.29, 1.82) is 0 Å². The molecule has 0 atom stereocenters. The molecule has 144 valence electrons. The van der Waals surface area contributed by atoms with Gasteiger partial charge in [0.05, 0.1) is 17.4 Å². The summed E-state index contributed by atoms with van der Waals surface area (Å²) in [6, 6.07) is 4.91. The third-order valence-electron chi connectivity index (χ3n) is 5.76. The van der Waals surface area contributed by atoms with Gasteiger partial charge in [0.25, 0.3) is 0 Å². The van der Waals surface area contributed by atoms with Crippen LogP contribution in [-0.2, 0) is 0 Å². The van der Waals surface area contributed by atoms with Crippen LogP contribution in [0.25, 0.3) is 28.0 Å². The second kappa shape index (κ2) is 6.56. The van der Waals surface area contributed by atoms with Crippen LogP contribution in [0, 0.1) is 13.8 Å². The van der Waals surface area contributed by atoms with Crippen molar-refractivity contribution >= 4 is 28.1 Å². The quantitative estimate of drug-likeness (QED) is 0.507. The fraction of sp³-hybridized carbons (Fsp3) is 0.400.